The molecule has 0 atom stereocenters. The van der Waals surface area contributed by atoms with E-state index in [4.69, 9.17) is 9.26 Å². The van der Waals surface area contributed by atoms with Gasteiger partial charge in [-0.3, -0.25) is 0 Å². The molecule has 0 aliphatic carbocycles. The fraction of sp³-hybridized carbons (Fsp3) is 0.174. The number of methoxy groups -OCH3 is 1. The van der Waals surface area contributed by atoms with E-state index in [0.29, 0.717) is 12.3 Å². The Kier molecular flexibility index (Phi) is 4.63. The number of benzene rings is 2. The minimum absolute atomic E-state index is 0.269. The smallest absolute Gasteiger partial charge is 0.170 e. The first-order valence-electron chi connectivity index (χ1n) is 9.68. The first kappa shape index (κ1) is 18.3. The molecular weight excluding hydrogens is 383 g/mol. The molecule has 1 aliphatic heterocycles. The molecule has 3 heterocycles. The monoisotopic (exact) mass is 402 g/mol. The average molecular weight is 402 g/mol. The Balaban J connectivity index is 1.34. The first-order chi connectivity index (χ1) is 14.7. The van der Waals surface area contributed by atoms with E-state index < -0.39 is 0 Å². The summed E-state index contributed by atoms with van der Waals surface area (Å²) in [4.78, 5) is 2.13. The molecule has 30 heavy (non-hydrogen) atoms. The quantitative estimate of drug-likeness (QED) is 0.501. The Morgan fingerprint density at radius 2 is 1.70 bits per heavy atom. The molecule has 0 saturated heterocycles. The zero-order valence-electron chi connectivity index (χ0n) is 16.4. The van der Waals surface area contributed by atoms with Gasteiger partial charge in [0, 0.05) is 23.2 Å². The lowest BCUT2D eigenvalue weighted by molar-refractivity contribution is 0.415. The van der Waals surface area contributed by atoms with Crippen LogP contribution in [0.3, 0.4) is 0 Å². The van der Waals surface area contributed by atoms with Gasteiger partial charge in [0.1, 0.15) is 17.3 Å². The number of anilines is 1. The molecule has 0 bridgehead atoms. The maximum Gasteiger partial charge on any atom is 0.170 e. The van der Waals surface area contributed by atoms with Gasteiger partial charge in [-0.1, -0.05) is 5.16 Å². The normalized spacial score (nSPS) is 13.2. The minimum atomic E-state index is -0.269. The van der Waals surface area contributed by atoms with E-state index in [1.54, 1.807) is 19.2 Å². The third-order valence-corrected chi connectivity index (χ3v) is 5.31. The van der Waals surface area contributed by atoms with E-state index in [9.17, 15) is 4.39 Å². The summed E-state index contributed by atoms with van der Waals surface area (Å²) >= 11 is 0. The van der Waals surface area contributed by atoms with Crippen LogP contribution in [-0.2, 0) is 13.0 Å². The molecule has 150 valence electrons. The zero-order chi connectivity index (χ0) is 20.5. The van der Waals surface area contributed by atoms with Crippen molar-refractivity contribution in [3.8, 4) is 28.3 Å². The maximum absolute atomic E-state index is 13.2. The van der Waals surface area contributed by atoms with Gasteiger partial charge in [0.2, 0.25) is 0 Å². The van der Waals surface area contributed by atoms with Gasteiger partial charge < -0.3 is 14.2 Å². The van der Waals surface area contributed by atoms with E-state index in [0.717, 1.165) is 52.6 Å². The van der Waals surface area contributed by atoms with Crippen LogP contribution >= 0.6 is 0 Å². The number of rotatable bonds is 4. The van der Waals surface area contributed by atoms with Crippen LogP contribution in [0.4, 0.5) is 10.2 Å². The third kappa shape index (κ3) is 3.39. The van der Waals surface area contributed by atoms with Gasteiger partial charge in [0.15, 0.2) is 11.6 Å². The van der Waals surface area contributed by atoms with Crippen LogP contribution in [0.5, 0.6) is 5.75 Å². The lowest BCUT2D eigenvalue weighted by Gasteiger charge is -2.26. The highest BCUT2D eigenvalue weighted by molar-refractivity contribution is 5.64. The third-order valence-electron chi connectivity index (χ3n) is 5.31. The van der Waals surface area contributed by atoms with Crippen molar-refractivity contribution >= 4 is 5.82 Å². The van der Waals surface area contributed by atoms with Crippen LogP contribution in [0, 0.1) is 5.82 Å². The molecule has 0 N–H and O–H groups in total. The molecule has 2 aromatic heterocycles. The second-order valence-corrected chi connectivity index (χ2v) is 7.12. The Morgan fingerprint density at radius 1 is 0.933 bits per heavy atom. The van der Waals surface area contributed by atoms with Crippen LogP contribution in [0.15, 0.2) is 65.2 Å². The van der Waals surface area contributed by atoms with Crippen molar-refractivity contribution in [2.24, 2.45) is 0 Å². The predicted molar refractivity (Wildman–Crippen MR) is 111 cm³/mol. The average Bonchev–Trinajstić information content (AvgIpc) is 3.23. The number of aromatic nitrogens is 3. The van der Waals surface area contributed by atoms with Gasteiger partial charge in [-0.25, -0.2) is 4.39 Å². The summed E-state index contributed by atoms with van der Waals surface area (Å²) in [5, 5.41) is 13.0. The molecule has 0 fully saturated rings. The topological polar surface area (TPSA) is 64.3 Å². The summed E-state index contributed by atoms with van der Waals surface area (Å²) < 4.78 is 24.0. The fourth-order valence-electron chi connectivity index (χ4n) is 3.66. The lowest BCUT2D eigenvalue weighted by Crippen LogP contribution is -2.31. The highest BCUT2D eigenvalue weighted by Gasteiger charge is 2.25. The van der Waals surface area contributed by atoms with Crippen LogP contribution in [0.2, 0.25) is 0 Å². The number of hydrogen-bond donors (Lipinski definition) is 0. The van der Waals surface area contributed by atoms with Gasteiger partial charge in [-0.2, -0.15) is 0 Å². The molecule has 0 amide bonds. The summed E-state index contributed by atoms with van der Waals surface area (Å²) in [6.07, 6.45) is 0.771. The van der Waals surface area contributed by atoms with Gasteiger partial charge in [0.05, 0.1) is 19.3 Å². The van der Waals surface area contributed by atoms with E-state index in [2.05, 4.69) is 20.3 Å². The molecule has 2 aromatic carbocycles. The molecule has 6 nitrogen and oxygen atoms in total. The van der Waals surface area contributed by atoms with E-state index in [-0.39, 0.29) is 5.82 Å². The van der Waals surface area contributed by atoms with Crippen molar-refractivity contribution in [2.45, 2.75) is 13.0 Å². The summed E-state index contributed by atoms with van der Waals surface area (Å²) in [7, 11) is 1.64. The van der Waals surface area contributed by atoms with Crippen molar-refractivity contribution in [3.63, 3.8) is 0 Å². The van der Waals surface area contributed by atoms with E-state index in [1.165, 1.54) is 12.1 Å². The lowest BCUT2D eigenvalue weighted by atomic mass is 10.0. The number of fused-ring (bicyclic) bond motifs is 1. The summed E-state index contributed by atoms with van der Waals surface area (Å²) in [5.41, 5.74) is 4.57. The molecule has 4 aromatic rings. The van der Waals surface area contributed by atoms with Gasteiger partial charge >= 0.3 is 0 Å². The second kappa shape index (κ2) is 7.59. The molecular formula is C23H19FN4O2. The number of nitrogens with zero attached hydrogens (tertiary/aromatic N) is 4. The second-order valence-electron chi connectivity index (χ2n) is 7.12. The van der Waals surface area contributed by atoms with Crippen LogP contribution < -0.4 is 9.64 Å². The number of halogens is 1. The van der Waals surface area contributed by atoms with Crippen LogP contribution in [0.25, 0.3) is 22.6 Å². The number of ether oxygens (including phenoxy) is 1. The number of hydrogen-bond acceptors (Lipinski definition) is 6. The zero-order valence-corrected chi connectivity index (χ0v) is 16.4. The van der Waals surface area contributed by atoms with Crippen LogP contribution in [0.1, 0.15) is 11.3 Å². The van der Waals surface area contributed by atoms with Crippen molar-refractivity contribution in [1.82, 2.24) is 15.4 Å². The fourth-order valence-corrected chi connectivity index (χ4v) is 3.66. The van der Waals surface area contributed by atoms with Crippen molar-refractivity contribution in [2.75, 3.05) is 18.6 Å². The van der Waals surface area contributed by atoms with Crippen LogP contribution in [-0.4, -0.2) is 29.0 Å². The molecule has 0 radical (unpaired) electrons. The van der Waals surface area contributed by atoms with Crippen molar-refractivity contribution < 1.29 is 13.7 Å². The molecule has 0 saturated carbocycles. The minimum Gasteiger partial charge on any atom is -0.497 e. The Bertz CT molecular complexity index is 1160. The Hall–Kier alpha value is -3.74. The Labute approximate surface area is 172 Å². The van der Waals surface area contributed by atoms with Crippen molar-refractivity contribution in [3.05, 3.63) is 77.7 Å². The molecule has 5 rings (SSSR count). The molecule has 0 unspecified atom stereocenters. The summed E-state index contributed by atoms with van der Waals surface area (Å²) in [5.74, 6) is 2.05. The molecule has 1 aliphatic rings. The van der Waals surface area contributed by atoms with Crippen molar-refractivity contribution in [1.29, 1.82) is 0 Å². The van der Waals surface area contributed by atoms with Gasteiger partial charge in [-0.15, -0.1) is 10.2 Å². The Morgan fingerprint density at radius 3 is 2.40 bits per heavy atom. The van der Waals surface area contributed by atoms with E-state index >= 15 is 0 Å². The highest BCUT2D eigenvalue weighted by atomic mass is 19.1. The van der Waals surface area contributed by atoms with Gasteiger partial charge in [-0.05, 0) is 67.1 Å². The predicted octanol–water partition coefficient (Wildman–Crippen LogP) is 4.51. The van der Waals surface area contributed by atoms with Gasteiger partial charge in [0.25, 0.3) is 0 Å². The summed E-state index contributed by atoms with van der Waals surface area (Å²) in [6, 6.07) is 18.0. The first-order valence-corrected chi connectivity index (χ1v) is 9.68. The molecule has 7 heteroatoms. The SMILES string of the molecule is COc1ccc(-c2ccc(N3CCc4c(noc4-c4ccc(F)cc4)C3)nn2)cc1. The highest BCUT2D eigenvalue weighted by Crippen LogP contribution is 2.32. The standard InChI is InChI=1S/C23H19FN4O2/c1-29-18-8-4-15(5-9-18)20-10-11-22(26-25-20)28-13-12-19-21(14-28)27-30-23(19)16-2-6-17(24)7-3-16/h2-11H,12-14H2,1H3. The summed E-state index contributed by atoms with van der Waals surface area (Å²) in [6.45, 7) is 1.37. The molecule has 0 spiro atoms. The largest absolute Gasteiger partial charge is 0.497 e. The van der Waals surface area contributed by atoms with E-state index in [1.807, 2.05) is 36.4 Å². The maximum atomic E-state index is 13.2.